The minimum Gasteiger partial charge on any atom is -0.481 e. The van der Waals surface area contributed by atoms with Crippen molar-refractivity contribution >= 4 is 24.3 Å². The number of carboxylic acids is 1. The van der Waals surface area contributed by atoms with Crippen LogP contribution in [-0.2, 0) is 35.3 Å². The Morgan fingerprint density at radius 3 is 2.70 bits per heavy atom. The predicted molar refractivity (Wildman–Crippen MR) is 96.4 cm³/mol. The zero-order chi connectivity index (χ0) is 20.2. The maximum absolute atomic E-state index is 12.1. The number of rotatable bonds is 9. The van der Waals surface area contributed by atoms with Gasteiger partial charge in [0.1, 0.15) is 24.5 Å². The van der Waals surface area contributed by atoms with Gasteiger partial charge >= 0.3 is 11.7 Å². The van der Waals surface area contributed by atoms with E-state index in [-0.39, 0.29) is 6.61 Å². The summed E-state index contributed by atoms with van der Waals surface area (Å²) in [6.45, 7) is -1.73. The maximum atomic E-state index is 12.1. The van der Waals surface area contributed by atoms with E-state index in [1.165, 1.54) is 13.3 Å². The van der Waals surface area contributed by atoms with Gasteiger partial charge in [0.2, 0.25) is 0 Å². The summed E-state index contributed by atoms with van der Waals surface area (Å²) in [5, 5.41) is 8.78. The Kier molecular flexibility index (Phi) is 7.46. The molecule has 152 valence electrons. The number of ether oxygens (including phenoxy) is 3. The van der Waals surface area contributed by atoms with Gasteiger partial charge in [0, 0.05) is 26.0 Å². The second-order valence-corrected chi connectivity index (χ2v) is 9.25. The molecule has 0 spiro atoms. The summed E-state index contributed by atoms with van der Waals surface area (Å²) in [6, 6.07) is 1.16. The minimum absolute atomic E-state index is 0.250. The molecule has 0 radical (unpaired) electrons. The normalized spacial score (nSPS) is 27.4. The summed E-state index contributed by atoms with van der Waals surface area (Å²) >= 11 is 4.81. The van der Waals surface area contributed by atoms with Gasteiger partial charge < -0.3 is 28.7 Å². The van der Waals surface area contributed by atoms with Gasteiger partial charge in [-0.1, -0.05) is 0 Å². The van der Waals surface area contributed by atoms with Gasteiger partial charge in [-0.2, -0.15) is 0 Å². The fraction of sp³-hybridized carbons (Fsp3) is 0.643. The zero-order valence-corrected chi connectivity index (χ0v) is 16.4. The predicted octanol–water partition coefficient (Wildman–Crippen LogP) is -0.743. The molecule has 1 aromatic heterocycles. The molecule has 0 saturated carbocycles. The summed E-state index contributed by atoms with van der Waals surface area (Å²) in [4.78, 5) is 46.2. The first-order chi connectivity index (χ1) is 12.7. The Balaban J connectivity index is 2.24. The number of carboxylic acid groups (broad SMARTS) is 1. The molecule has 1 aromatic rings. The molecular formula is C14H21N2O9PS. The molecule has 13 heteroatoms. The van der Waals surface area contributed by atoms with Crippen molar-refractivity contribution in [2.45, 2.75) is 31.5 Å². The average Bonchev–Trinajstić information content (AvgIpc) is 2.90. The lowest BCUT2D eigenvalue weighted by molar-refractivity contribution is -0.134. The zero-order valence-electron chi connectivity index (χ0n) is 14.6. The van der Waals surface area contributed by atoms with E-state index in [2.05, 4.69) is 4.98 Å². The van der Waals surface area contributed by atoms with Gasteiger partial charge in [0.15, 0.2) is 12.7 Å². The Labute approximate surface area is 159 Å². The molecule has 5 atom stereocenters. The van der Waals surface area contributed by atoms with Crippen molar-refractivity contribution in [3.05, 3.63) is 33.1 Å². The Morgan fingerprint density at radius 2 is 2.15 bits per heavy atom. The highest BCUT2D eigenvalue weighted by Crippen LogP contribution is 2.43. The summed E-state index contributed by atoms with van der Waals surface area (Å²) in [5.41, 5.74) is -1.25. The lowest BCUT2D eigenvalue weighted by Gasteiger charge is -2.23. The number of hydrogen-bond donors (Lipinski definition) is 3. The number of aliphatic carboxylic acids is 1. The van der Waals surface area contributed by atoms with E-state index in [0.717, 1.165) is 10.6 Å². The molecular weight excluding hydrogens is 403 g/mol. The van der Waals surface area contributed by atoms with Crippen molar-refractivity contribution in [1.29, 1.82) is 0 Å². The molecule has 0 amide bonds. The molecule has 1 unspecified atom stereocenters. The van der Waals surface area contributed by atoms with Gasteiger partial charge in [-0.05, 0) is 18.7 Å². The highest BCUT2D eigenvalue weighted by Gasteiger charge is 2.47. The SMILES string of the molecule is CCO[C@H]1[C@@H](OC)[C@H](n2ccc(=O)[nH]c2=O)O[C@@H]1COP(O)(=S)CC(=O)O. The van der Waals surface area contributed by atoms with Crippen LogP contribution in [0, 0.1) is 0 Å². The average molecular weight is 424 g/mol. The number of methoxy groups -OCH3 is 1. The Morgan fingerprint density at radius 1 is 1.44 bits per heavy atom. The van der Waals surface area contributed by atoms with Crippen LogP contribution in [0.5, 0.6) is 0 Å². The fourth-order valence-electron chi connectivity index (χ4n) is 2.75. The van der Waals surface area contributed by atoms with Crippen LogP contribution in [0.15, 0.2) is 21.9 Å². The minimum atomic E-state index is -3.54. The second-order valence-electron chi connectivity index (χ2n) is 5.69. The molecule has 3 N–H and O–H groups in total. The standard InChI is InChI=1S/C14H21N2O9PS/c1-3-23-11-8(6-24-26(21,27)7-10(18)19)25-13(12(11)22-2)16-5-4-9(17)15-14(16)20/h4-5,8,11-13H,3,6-7H2,1-2H3,(H,18,19)(H,21,27)(H,15,17,20)/t8-,11-,12-,13-,26?/m1/s1. The quantitative estimate of drug-likeness (QED) is 0.433. The third kappa shape index (κ3) is 5.55. The molecule has 0 bridgehead atoms. The van der Waals surface area contributed by atoms with Crippen LogP contribution in [0.3, 0.4) is 0 Å². The van der Waals surface area contributed by atoms with Crippen LogP contribution in [0.4, 0.5) is 0 Å². The first-order valence-electron chi connectivity index (χ1n) is 7.98. The van der Waals surface area contributed by atoms with E-state index in [0.29, 0.717) is 6.61 Å². The molecule has 0 aromatic carbocycles. The van der Waals surface area contributed by atoms with Crippen LogP contribution >= 0.6 is 6.49 Å². The van der Waals surface area contributed by atoms with E-state index in [1.54, 1.807) is 6.92 Å². The highest BCUT2D eigenvalue weighted by atomic mass is 32.5. The summed E-state index contributed by atoms with van der Waals surface area (Å²) in [6.07, 6.45) is -2.54. The number of aromatic nitrogens is 2. The Bertz CT molecular complexity index is 825. The maximum Gasteiger partial charge on any atom is 0.330 e. The second kappa shape index (κ2) is 9.20. The molecule has 1 aliphatic rings. The van der Waals surface area contributed by atoms with E-state index < -0.39 is 54.4 Å². The monoisotopic (exact) mass is 424 g/mol. The van der Waals surface area contributed by atoms with Crippen LogP contribution < -0.4 is 11.2 Å². The number of nitrogens with one attached hydrogen (secondary N) is 1. The van der Waals surface area contributed by atoms with Crippen molar-refractivity contribution in [2.75, 3.05) is 26.5 Å². The third-order valence-corrected chi connectivity index (χ3v) is 5.74. The summed E-state index contributed by atoms with van der Waals surface area (Å²) < 4.78 is 23.3. The third-order valence-electron chi connectivity index (χ3n) is 3.82. The van der Waals surface area contributed by atoms with E-state index >= 15 is 0 Å². The fourth-order valence-corrected chi connectivity index (χ4v) is 4.07. The number of H-pyrrole nitrogens is 1. The van der Waals surface area contributed by atoms with Crippen molar-refractivity contribution < 1.29 is 33.5 Å². The number of hydrogen-bond acceptors (Lipinski definition) is 8. The lowest BCUT2D eigenvalue weighted by Crippen LogP contribution is -2.40. The van der Waals surface area contributed by atoms with Crippen LogP contribution in [0.2, 0.25) is 0 Å². The van der Waals surface area contributed by atoms with Crippen LogP contribution in [0.25, 0.3) is 0 Å². The van der Waals surface area contributed by atoms with Crippen molar-refractivity contribution in [3.63, 3.8) is 0 Å². The summed E-state index contributed by atoms with van der Waals surface area (Å²) in [5.74, 6) is -1.28. The summed E-state index contributed by atoms with van der Waals surface area (Å²) in [7, 11) is 1.41. The van der Waals surface area contributed by atoms with Gasteiger partial charge in [-0.25, -0.2) is 4.79 Å². The first kappa shape index (κ1) is 21.9. The van der Waals surface area contributed by atoms with Crippen molar-refractivity contribution in [3.8, 4) is 0 Å². The van der Waals surface area contributed by atoms with Gasteiger partial charge in [0.25, 0.3) is 5.56 Å². The molecule has 2 rings (SSSR count). The molecule has 2 heterocycles. The first-order valence-corrected chi connectivity index (χ1v) is 10.8. The van der Waals surface area contributed by atoms with E-state index in [9.17, 15) is 19.3 Å². The largest absolute Gasteiger partial charge is 0.481 e. The smallest absolute Gasteiger partial charge is 0.330 e. The van der Waals surface area contributed by atoms with Gasteiger partial charge in [-0.3, -0.25) is 19.1 Å². The Hall–Kier alpha value is -1.40. The van der Waals surface area contributed by atoms with E-state index in [4.69, 9.17) is 35.6 Å². The van der Waals surface area contributed by atoms with Gasteiger partial charge in [0.05, 0.1) is 6.61 Å². The van der Waals surface area contributed by atoms with Crippen LogP contribution in [-0.4, -0.2) is 70.3 Å². The highest BCUT2D eigenvalue weighted by molar-refractivity contribution is 8.09. The van der Waals surface area contributed by atoms with Gasteiger partial charge in [-0.15, -0.1) is 0 Å². The topological polar surface area (TPSA) is 149 Å². The number of carbonyl (C=O) groups is 1. The molecule has 27 heavy (non-hydrogen) atoms. The molecule has 11 nitrogen and oxygen atoms in total. The van der Waals surface area contributed by atoms with Crippen LogP contribution in [0.1, 0.15) is 13.2 Å². The van der Waals surface area contributed by atoms with Crippen molar-refractivity contribution in [1.82, 2.24) is 9.55 Å². The molecule has 1 aliphatic heterocycles. The molecule has 1 fully saturated rings. The van der Waals surface area contributed by atoms with E-state index in [1.807, 2.05) is 0 Å². The van der Waals surface area contributed by atoms with Crippen molar-refractivity contribution in [2.24, 2.45) is 0 Å². The number of nitrogens with zero attached hydrogens (tertiary/aromatic N) is 1. The molecule has 1 saturated heterocycles. The lowest BCUT2D eigenvalue weighted by atomic mass is 10.1. The molecule has 0 aliphatic carbocycles. The number of aromatic amines is 1.